The number of rotatable bonds is 3. The molecule has 1 heterocycles. The van der Waals surface area contributed by atoms with Gasteiger partial charge in [0.15, 0.2) is 0 Å². The first-order chi connectivity index (χ1) is 7.26. The Morgan fingerprint density at radius 1 is 1.20 bits per heavy atom. The van der Waals surface area contributed by atoms with E-state index in [0.29, 0.717) is 5.92 Å². The van der Waals surface area contributed by atoms with E-state index < -0.39 is 0 Å². The van der Waals surface area contributed by atoms with Gasteiger partial charge in [0.1, 0.15) is 0 Å². The number of fused-ring (bicyclic) bond motifs is 1. The van der Waals surface area contributed by atoms with Gasteiger partial charge in [-0.2, -0.15) is 0 Å². The van der Waals surface area contributed by atoms with Crippen LogP contribution < -0.4 is 0 Å². The first-order valence-electron chi connectivity index (χ1n) is 5.83. The normalized spacial score (nSPS) is 11.5. The van der Waals surface area contributed by atoms with Gasteiger partial charge < -0.3 is 4.98 Å². The minimum Gasteiger partial charge on any atom is -0.361 e. The van der Waals surface area contributed by atoms with Crippen LogP contribution in [0.3, 0.4) is 0 Å². The van der Waals surface area contributed by atoms with E-state index in [1.807, 2.05) is 0 Å². The van der Waals surface area contributed by atoms with Crippen LogP contribution in [0.4, 0.5) is 0 Å². The van der Waals surface area contributed by atoms with Gasteiger partial charge in [-0.3, -0.25) is 0 Å². The highest BCUT2D eigenvalue weighted by Gasteiger charge is 2.11. The quantitative estimate of drug-likeness (QED) is 0.758. The van der Waals surface area contributed by atoms with Crippen LogP contribution in [0.25, 0.3) is 10.9 Å². The molecular formula is C14H19N. The molecule has 15 heavy (non-hydrogen) atoms. The molecule has 1 heteroatoms. The van der Waals surface area contributed by atoms with E-state index in [2.05, 4.69) is 50.2 Å². The fourth-order valence-corrected chi connectivity index (χ4v) is 2.32. The topological polar surface area (TPSA) is 15.8 Å². The highest BCUT2D eigenvalue weighted by molar-refractivity contribution is 5.84. The zero-order valence-corrected chi connectivity index (χ0v) is 9.80. The number of hydrogen-bond acceptors (Lipinski definition) is 0. The fourth-order valence-electron chi connectivity index (χ4n) is 2.32. The third kappa shape index (κ3) is 1.79. The maximum absolute atomic E-state index is 3.36. The van der Waals surface area contributed by atoms with E-state index in [4.69, 9.17) is 0 Å². The second-order valence-corrected chi connectivity index (χ2v) is 4.31. The van der Waals surface area contributed by atoms with Crippen LogP contribution >= 0.6 is 0 Å². The summed E-state index contributed by atoms with van der Waals surface area (Å²) in [5.74, 6) is 0.695. The van der Waals surface area contributed by atoms with Crippen molar-refractivity contribution in [3.05, 3.63) is 35.5 Å². The summed E-state index contributed by atoms with van der Waals surface area (Å²) in [5, 5.41) is 1.41. The van der Waals surface area contributed by atoms with Gasteiger partial charge in [-0.25, -0.2) is 0 Å². The maximum Gasteiger partial charge on any atom is 0.0457 e. The Kier molecular flexibility index (Phi) is 2.81. The highest BCUT2D eigenvalue weighted by Crippen LogP contribution is 2.30. The molecule has 2 aromatic rings. The zero-order valence-electron chi connectivity index (χ0n) is 9.80. The van der Waals surface area contributed by atoms with Crippen molar-refractivity contribution in [1.82, 2.24) is 4.98 Å². The van der Waals surface area contributed by atoms with E-state index in [1.165, 1.54) is 34.9 Å². The van der Waals surface area contributed by atoms with Gasteiger partial charge in [0.25, 0.3) is 0 Å². The minimum absolute atomic E-state index is 0.695. The van der Waals surface area contributed by atoms with Crippen molar-refractivity contribution in [3.63, 3.8) is 0 Å². The van der Waals surface area contributed by atoms with Crippen molar-refractivity contribution < 1.29 is 0 Å². The van der Waals surface area contributed by atoms with Crippen LogP contribution in [0, 0.1) is 6.92 Å². The van der Waals surface area contributed by atoms with Crippen LogP contribution in [0.5, 0.6) is 0 Å². The van der Waals surface area contributed by atoms with Crippen LogP contribution in [-0.2, 0) is 0 Å². The number of aromatic amines is 1. The third-order valence-corrected chi connectivity index (χ3v) is 3.29. The second kappa shape index (κ2) is 4.09. The van der Waals surface area contributed by atoms with Gasteiger partial charge in [0.2, 0.25) is 0 Å². The number of H-pyrrole nitrogens is 1. The molecule has 0 bridgehead atoms. The van der Waals surface area contributed by atoms with E-state index in [9.17, 15) is 0 Å². The molecule has 1 nitrogen and oxygen atoms in total. The molecular weight excluding hydrogens is 182 g/mol. The van der Waals surface area contributed by atoms with E-state index in [-0.39, 0.29) is 0 Å². The molecule has 80 valence electrons. The average Bonchev–Trinajstić information content (AvgIpc) is 2.64. The predicted octanol–water partition coefficient (Wildman–Crippen LogP) is 4.38. The zero-order chi connectivity index (χ0) is 10.8. The lowest BCUT2D eigenvalue weighted by molar-refractivity contribution is 0.646. The molecule has 1 aromatic carbocycles. The second-order valence-electron chi connectivity index (χ2n) is 4.31. The molecule has 0 aliphatic heterocycles. The van der Waals surface area contributed by atoms with Crippen molar-refractivity contribution in [2.45, 2.75) is 39.5 Å². The van der Waals surface area contributed by atoms with Crippen LogP contribution in [-0.4, -0.2) is 4.98 Å². The van der Waals surface area contributed by atoms with Crippen LogP contribution in [0.15, 0.2) is 24.4 Å². The molecule has 0 amide bonds. The summed E-state index contributed by atoms with van der Waals surface area (Å²) in [6.45, 7) is 6.69. The Labute approximate surface area is 91.5 Å². The van der Waals surface area contributed by atoms with Gasteiger partial charge in [0, 0.05) is 17.1 Å². The summed E-state index contributed by atoms with van der Waals surface area (Å²) < 4.78 is 0. The Bertz CT molecular complexity index is 449. The third-order valence-electron chi connectivity index (χ3n) is 3.29. The van der Waals surface area contributed by atoms with Gasteiger partial charge in [-0.05, 0) is 43.4 Å². The van der Waals surface area contributed by atoms with Crippen LogP contribution in [0.2, 0.25) is 0 Å². The van der Waals surface area contributed by atoms with E-state index in [1.54, 1.807) is 0 Å². The number of benzene rings is 1. The Morgan fingerprint density at radius 2 is 1.93 bits per heavy atom. The summed E-state index contributed by atoms with van der Waals surface area (Å²) >= 11 is 0. The Balaban J connectivity index is 2.55. The predicted molar refractivity (Wildman–Crippen MR) is 66.4 cm³/mol. The number of hydrogen-bond donors (Lipinski definition) is 1. The smallest absolute Gasteiger partial charge is 0.0457 e. The molecule has 0 radical (unpaired) electrons. The molecule has 1 N–H and O–H groups in total. The molecule has 0 aliphatic rings. The summed E-state index contributed by atoms with van der Waals surface area (Å²) in [6, 6.07) is 6.63. The van der Waals surface area contributed by atoms with Gasteiger partial charge in [0.05, 0.1) is 0 Å². The summed E-state index contributed by atoms with van der Waals surface area (Å²) in [6.07, 6.45) is 4.62. The molecule has 1 aromatic heterocycles. The summed E-state index contributed by atoms with van der Waals surface area (Å²) in [7, 11) is 0. The first-order valence-corrected chi connectivity index (χ1v) is 5.83. The van der Waals surface area contributed by atoms with Crippen molar-refractivity contribution in [3.8, 4) is 0 Å². The molecule has 0 unspecified atom stereocenters. The first kappa shape index (κ1) is 10.3. The summed E-state index contributed by atoms with van der Waals surface area (Å²) in [5.41, 5.74) is 4.09. The molecule has 0 saturated carbocycles. The minimum atomic E-state index is 0.695. The molecule has 2 rings (SSSR count). The number of nitrogens with one attached hydrogen (secondary N) is 1. The maximum atomic E-state index is 3.36. The fraction of sp³-hybridized carbons (Fsp3) is 0.429. The van der Waals surface area contributed by atoms with Crippen molar-refractivity contribution in [2.24, 2.45) is 0 Å². The number of aromatic nitrogens is 1. The molecule has 0 fully saturated rings. The standard InChI is InChI=1S/C14H19N/c1-4-11(5-2)13-9-15-14-7-6-10(3)8-12(13)14/h6-9,11,15H,4-5H2,1-3H3. The SMILES string of the molecule is CCC(CC)c1c[nH]c2ccc(C)cc12. The highest BCUT2D eigenvalue weighted by atomic mass is 14.7. The van der Waals surface area contributed by atoms with Gasteiger partial charge in [-0.1, -0.05) is 25.5 Å². The van der Waals surface area contributed by atoms with Crippen molar-refractivity contribution in [1.29, 1.82) is 0 Å². The van der Waals surface area contributed by atoms with Crippen molar-refractivity contribution >= 4 is 10.9 Å². The van der Waals surface area contributed by atoms with Crippen molar-refractivity contribution in [2.75, 3.05) is 0 Å². The molecule has 0 saturated heterocycles. The lowest BCUT2D eigenvalue weighted by atomic mass is 9.93. The molecule has 0 spiro atoms. The lowest BCUT2D eigenvalue weighted by Crippen LogP contribution is -1.93. The molecule has 0 atom stereocenters. The monoisotopic (exact) mass is 201 g/mol. The van der Waals surface area contributed by atoms with Crippen LogP contribution in [0.1, 0.15) is 43.7 Å². The Morgan fingerprint density at radius 3 is 2.60 bits per heavy atom. The van der Waals surface area contributed by atoms with Gasteiger partial charge >= 0.3 is 0 Å². The Hall–Kier alpha value is -1.24. The molecule has 0 aliphatic carbocycles. The lowest BCUT2D eigenvalue weighted by Gasteiger charge is -2.11. The summed E-state index contributed by atoms with van der Waals surface area (Å²) in [4.78, 5) is 3.36. The van der Waals surface area contributed by atoms with Gasteiger partial charge in [-0.15, -0.1) is 0 Å². The number of aryl methyl sites for hydroxylation is 1. The average molecular weight is 201 g/mol. The largest absolute Gasteiger partial charge is 0.361 e. The van der Waals surface area contributed by atoms with E-state index in [0.717, 1.165) is 0 Å². The van der Waals surface area contributed by atoms with E-state index >= 15 is 0 Å².